The standard InChI is InChI=1S/C11H14N2O3/c1-15-11(14)9-5-7(12)6-13-10(9)16-8-3-2-4-8/h5-6,8H,2-4,12H2,1H3. The van der Waals surface area contributed by atoms with Gasteiger partial charge >= 0.3 is 5.97 Å². The molecular formula is C11H14N2O3. The Labute approximate surface area is 93.6 Å². The molecule has 0 aliphatic heterocycles. The van der Waals surface area contributed by atoms with Crippen molar-refractivity contribution in [1.29, 1.82) is 0 Å². The molecule has 1 saturated carbocycles. The summed E-state index contributed by atoms with van der Waals surface area (Å²) in [6.07, 6.45) is 4.81. The Morgan fingerprint density at radius 2 is 2.31 bits per heavy atom. The first-order valence-corrected chi connectivity index (χ1v) is 5.21. The lowest BCUT2D eigenvalue weighted by Crippen LogP contribution is -2.26. The molecule has 2 rings (SSSR count). The van der Waals surface area contributed by atoms with Gasteiger partial charge in [-0.25, -0.2) is 9.78 Å². The fourth-order valence-corrected chi connectivity index (χ4v) is 1.46. The monoisotopic (exact) mass is 222 g/mol. The number of rotatable bonds is 3. The number of nitrogens with zero attached hydrogens (tertiary/aromatic N) is 1. The van der Waals surface area contributed by atoms with Crippen LogP contribution in [0.1, 0.15) is 29.6 Å². The summed E-state index contributed by atoms with van der Waals surface area (Å²) >= 11 is 0. The maximum absolute atomic E-state index is 11.5. The van der Waals surface area contributed by atoms with Gasteiger partial charge in [0.1, 0.15) is 11.7 Å². The van der Waals surface area contributed by atoms with Crippen LogP contribution in [0.25, 0.3) is 0 Å². The first-order valence-electron chi connectivity index (χ1n) is 5.21. The SMILES string of the molecule is COC(=O)c1cc(N)cnc1OC1CCC1. The van der Waals surface area contributed by atoms with Crippen LogP contribution in [0.5, 0.6) is 5.88 Å². The highest BCUT2D eigenvalue weighted by Gasteiger charge is 2.23. The smallest absolute Gasteiger partial charge is 0.343 e. The zero-order chi connectivity index (χ0) is 11.5. The van der Waals surface area contributed by atoms with Crippen molar-refractivity contribution in [3.8, 4) is 5.88 Å². The van der Waals surface area contributed by atoms with Crippen LogP contribution in [-0.2, 0) is 4.74 Å². The Balaban J connectivity index is 2.23. The lowest BCUT2D eigenvalue weighted by molar-refractivity contribution is 0.0582. The Morgan fingerprint density at radius 3 is 2.88 bits per heavy atom. The van der Waals surface area contributed by atoms with E-state index < -0.39 is 5.97 Å². The number of hydrogen-bond donors (Lipinski definition) is 1. The van der Waals surface area contributed by atoms with Crippen LogP contribution in [0.15, 0.2) is 12.3 Å². The van der Waals surface area contributed by atoms with Crippen molar-refractivity contribution in [2.24, 2.45) is 0 Å². The van der Waals surface area contributed by atoms with Gasteiger partial charge in [0, 0.05) is 0 Å². The highest BCUT2D eigenvalue weighted by Crippen LogP contribution is 2.27. The molecule has 5 heteroatoms. The van der Waals surface area contributed by atoms with Crippen LogP contribution in [0.4, 0.5) is 5.69 Å². The van der Waals surface area contributed by atoms with E-state index in [2.05, 4.69) is 9.72 Å². The fraction of sp³-hybridized carbons (Fsp3) is 0.455. The minimum absolute atomic E-state index is 0.166. The van der Waals surface area contributed by atoms with Crippen LogP contribution >= 0.6 is 0 Å². The third kappa shape index (κ3) is 2.08. The predicted octanol–water partition coefficient (Wildman–Crippen LogP) is 1.38. The maximum atomic E-state index is 11.5. The van der Waals surface area contributed by atoms with E-state index in [1.165, 1.54) is 19.4 Å². The van der Waals surface area contributed by atoms with E-state index in [-0.39, 0.29) is 11.7 Å². The quantitative estimate of drug-likeness (QED) is 0.782. The fourth-order valence-electron chi connectivity index (χ4n) is 1.46. The van der Waals surface area contributed by atoms with Crippen molar-refractivity contribution < 1.29 is 14.3 Å². The van der Waals surface area contributed by atoms with Gasteiger partial charge in [0.2, 0.25) is 5.88 Å². The molecule has 0 unspecified atom stereocenters. The second-order valence-electron chi connectivity index (χ2n) is 3.78. The number of pyridine rings is 1. The van der Waals surface area contributed by atoms with E-state index in [9.17, 15) is 4.79 Å². The number of methoxy groups -OCH3 is 1. The highest BCUT2D eigenvalue weighted by atomic mass is 16.5. The molecular weight excluding hydrogens is 208 g/mol. The molecule has 0 atom stereocenters. The van der Waals surface area contributed by atoms with Crippen LogP contribution in [-0.4, -0.2) is 24.2 Å². The molecule has 1 aliphatic carbocycles. The molecule has 1 fully saturated rings. The minimum Gasteiger partial charge on any atom is -0.474 e. The molecule has 1 aromatic heterocycles. The number of ether oxygens (including phenoxy) is 2. The van der Waals surface area contributed by atoms with Crippen molar-refractivity contribution >= 4 is 11.7 Å². The van der Waals surface area contributed by atoms with Gasteiger partial charge in [0.05, 0.1) is 19.0 Å². The van der Waals surface area contributed by atoms with Gasteiger partial charge in [-0.2, -0.15) is 0 Å². The number of carbonyl (C=O) groups excluding carboxylic acids is 1. The van der Waals surface area contributed by atoms with E-state index in [4.69, 9.17) is 10.5 Å². The van der Waals surface area contributed by atoms with Crippen molar-refractivity contribution in [3.05, 3.63) is 17.8 Å². The van der Waals surface area contributed by atoms with E-state index in [0.29, 0.717) is 11.6 Å². The second-order valence-corrected chi connectivity index (χ2v) is 3.78. The summed E-state index contributed by atoms with van der Waals surface area (Å²) in [5.41, 5.74) is 6.28. The first kappa shape index (κ1) is 10.7. The molecule has 0 aromatic carbocycles. The Bertz CT molecular complexity index is 402. The first-order chi connectivity index (χ1) is 7.70. The third-order valence-corrected chi connectivity index (χ3v) is 2.61. The zero-order valence-corrected chi connectivity index (χ0v) is 9.10. The number of nitrogens with two attached hydrogens (primary N) is 1. The number of nitrogen functional groups attached to an aromatic ring is 1. The summed E-state index contributed by atoms with van der Waals surface area (Å²) in [5, 5.41) is 0. The molecule has 0 amide bonds. The summed E-state index contributed by atoms with van der Waals surface area (Å²) in [5.74, 6) is -0.167. The summed E-state index contributed by atoms with van der Waals surface area (Å²) in [7, 11) is 1.32. The molecule has 2 N–H and O–H groups in total. The van der Waals surface area contributed by atoms with Crippen molar-refractivity contribution in [2.45, 2.75) is 25.4 Å². The van der Waals surface area contributed by atoms with Gasteiger partial charge in [0.15, 0.2) is 0 Å². The van der Waals surface area contributed by atoms with Crippen molar-refractivity contribution in [3.63, 3.8) is 0 Å². The predicted molar refractivity (Wildman–Crippen MR) is 58.3 cm³/mol. The van der Waals surface area contributed by atoms with Gasteiger partial charge in [-0.3, -0.25) is 0 Å². The number of esters is 1. The highest BCUT2D eigenvalue weighted by molar-refractivity contribution is 5.92. The number of hydrogen-bond acceptors (Lipinski definition) is 5. The molecule has 86 valence electrons. The summed E-state index contributed by atoms with van der Waals surface area (Å²) < 4.78 is 10.2. The molecule has 1 aromatic rings. The molecule has 0 spiro atoms. The molecule has 5 nitrogen and oxygen atoms in total. The Hall–Kier alpha value is -1.78. The molecule has 16 heavy (non-hydrogen) atoms. The molecule has 0 bridgehead atoms. The van der Waals surface area contributed by atoms with Gasteiger partial charge in [-0.15, -0.1) is 0 Å². The van der Waals surface area contributed by atoms with Gasteiger partial charge in [0.25, 0.3) is 0 Å². The Kier molecular flexibility index (Phi) is 2.94. The molecule has 1 heterocycles. The van der Waals surface area contributed by atoms with Crippen molar-refractivity contribution in [2.75, 3.05) is 12.8 Å². The van der Waals surface area contributed by atoms with E-state index >= 15 is 0 Å². The van der Waals surface area contributed by atoms with Crippen molar-refractivity contribution in [1.82, 2.24) is 4.98 Å². The molecule has 0 radical (unpaired) electrons. The topological polar surface area (TPSA) is 74.4 Å². The molecule has 0 saturated heterocycles. The van der Waals surface area contributed by atoms with Gasteiger partial charge in [-0.05, 0) is 25.3 Å². The number of anilines is 1. The summed E-state index contributed by atoms with van der Waals surface area (Å²) in [6.45, 7) is 0. The lowest BCUT2D eigenvalue weighted by Gasteiger charge is -2.26. The van der Waals surface area contributed by atoms with E-state index in [1.807, 2.05) is 0 Å². The summed E-state index contributed by atoms with van der Waals surface area (Å²) in [4.78, 5) is 15.5. The van der Waals surface area contributed by atoms with Crippen LogP contribution < -0.4 is 10.5 Å². The van der Waals surface area contributed by atoms with E-state index in [1.54, 1.807) is 0 Å². The molecule has 1 aliphatic rings. The zero-order valence-electron chi connectivity index (χ0n) is 9.10. The minimum atomic E-state index is -0.478. The van der Waals surface area contributed by atoms with Crippen LogP contribution in [0, 0.1) is 0 Å². The largest absolute Gasteiger partial charge is 0.474 e. The average molecular weight is 222 g/mol. The average Bonchev–Trinajstić information content (AvgIpc) is 2.23. The lowest BCUT2D eigenvalue weighted by atomic mass is 9.96. The van der Waals surface area contributed by atoms with Gasteiger partial charge < -0.3 is 15.2 Å². The number of aromatic nitrogens is 1. The Morgan fingerprint density at radius 1 is 1.56 bits per heavy atom. The summed E-state index contributed by atoms with van der Waals surface area (Å²) in [6, 6.07) is 1.52. The van der Waals surface area contributed by atoms with Gasteiger partial charge in [-0.1, -0.05) is 0 Å². The van der Waals surface area contributed by atoms with E-state index in [0.717, 1.165) is 19.3 Å². The van der Waals surface area contributed by atoms with Crippen LogP contribution in [0.3, 0.4) is 0 Å². The maximum Gasteiger partial charge on any atom is 0.343 e. The van der Waals surface area contributed by atoms with Crippen LogP contribution in [0.2, 0.25) is 0 Å². The second kappa shape index (κ2) is 4.38. The third-order valence-electron chi connectivity index (χ3n) is 2.61. The normalized spacial score (nSPS) is 15.3. The number of carbonyl (C=O) groups is 1.